The summed E-state index contributed by atoms with van der Waals surface area (Å²) in [4.78, 5) is 15.3. The number of methoxy groups -OCH3 is 2. The van der Waals surface area contributed by atoms with Gasteiger partial charge in [0.2, 0.25) is 0 Å². The van der Waals surface area contributed by atoms with Crippen LogP contribution in [-0.2, 0) is 9.47 Å². The predicted octanol–water partition coefficient (Wildman–Crippen LogP) is 2.07. The smallest absolute Gasteiger partial charge is 0.274 e. The van der Waals surface area contributed by atoms with Crippen molar-refractivity contribution in [3.8, 4) is 5.69 Å². The van der Waals surface area contributed by atoms with Crippen molar-refractivity contribution in [2.75, 3.05) is 20.8 Å². The molecule has 1 amide bonds. The average molecular weight is 356 g/mol. The van der Waals surface area contributed by atoms with Crippen LogP contribution in [0.2, 0.25) is 0 Å². The van der Waals surface area contributed by atoms with Crippen molar-refractivity contribution in [2.24, 2.45) is 0 Å². The van der Waals surface area contributed by atoms with E-state index in [9.17, 15) is 4.79 Å². The van der Waals surface area contributed by atoms with Crippen LogP contribution in [0.25, 0.3) is 5.69 Å². The minimum atomic E-state index is -0.268. The monoisotopic (exact) mass is 356 g/mol. The summed E-state index contributed by atoms with van der Waals surface area (Å²) in [6.07, 6.45) is 5.22. The van der Waals surface area contributed by atoms with Gasteiger partial charge in [0.05, 0.1) is 29.6 Å². The molecule has 0 bridgehead atoms. The molecular weight excluding hydrogens is 332 g/mol. The van der Waals surface area contributed by atoms with Crippen molar-refractivity contribution >= 4 is 5.91 Å². The van der Waals surface area contributed by atoms with Gasteiger partial charge in [0.15, 0.2) is 5.69 Å². The van der Waals surface area contributed by atoms with E-state index in [1.807, 2.05) is 35.2 Å². The van der Waals surface area contributed by atoms with Crippen LogP contribution in [0.15, 0.2) is 36.5 Å². The minimum Gasteiger partial charge on any atom is -0.381 e. The Labute approximate surface area is 152 Å². The van der Waals surface area contributed by atoms with Gasteiger partial charge in [-0.1, -0.05) is 23.4 Å². The summed E-state index contributed by atoms with van der Waals surface area (Å²) in [5.74, 6) is -0.0560. The standard InChI is InChI=1S/C19H24N4O3/c1-25-15-8-9-19(26-2)10-11-22(17(19)12-15)18(24)16-13-20-21-23(16)14-6-4-3-5-7-14/h3-7,13,15,17H,8-12H2,1-2H3/t15-,17-,19+/m0/s1. The number of ether oxygens (including phenoxy) is 2. The van der Waals surface area contributed by atoms with Crippen LogP contribution < -0.4 is 0 Å². The Morgan fingerprint density at radius 2 is 2.04 bits per heavy atom. The number of likely N-dealkylation sites (tertiary alicyclic amines) is 1. The molecule has 7 heteroatoms. The first-order chi connectivity index (χ1) is 12.7. The number of amides is 1. The molecule has 1 aliphatic carbocycles. The van der Waals surface area contributed by atoms with Gasteiger partial charge in [-0.05, 0) is 37.8 Å². The predicted molar refractivity (Wildman–Crippen MR) is 95.2 cm³/mol. The highest BCUT2D eigenvalue weighted by molar-refractivity contribution is 5.93. The second-order valence-electron chi connectivity index (χ2n) is 7.03. The molecule has 0 unspecified atom stereocenters. The Bertz CT molecular complexity index is 778. The summed E-state index contributed by atoms with van der Waals surface area (Å²) in [7, 11) is 3.49. The van der Waals surface area contributed by atoms with Gasteiger partial charge < -0.3 is 14.4 Å². The lowest BCUT2D eigenvalue weighted by molar-refractivity contribution is -0.0894. The molecule has 0 spiro atoms. The summed E-state index contributed by atoms with van der Waals surface area (Å²) in [5, 5.41) is 8.09. The Morgan fingerprint density at radius 1 is 1.23 bits per heavy atom. The van der Waals surface area contributed by atoms with E-state index in [1.54, 1.807) is 25.1 Å². The number of rotatable bonds is 4. The van der Waals surface area contributed by atoms with Gasteiger partial charge in [-0.2, -0.15) is 0 Å². The molecule has 2 heterocycles. The van der Waals surface area contributed by atoms with Crippen molar-refractivity contribution in [3.63, 3.8) is 0 Å². The van der Waals surface area contributed by atoms with Crippen molar-refractivity contribution in [3.05, 3.63) is 42.2 Å². The number of carbonyl (C=O) groups excluding carboxylic acids is 1. The lowest BCUT2D eigenvalue weighted by Gasteiger charge is -2.43. The Morgan fingerprint density at radius 3 is 2.77 bits per heavy atom. The van der Waals surface area contributed by atoms with Gasteiger partial charge in [0.25, 0.3) is 5.91 Å². The molecule has 2 aromatic rings. The van der Waals surface area contributed by atoms with E-state index in [0.717, 1.165) is 31.4 Å². The quantitative estimate of drug-likeness (QED) is 0.839. The van der Waals surface area contributed by atoms with Crippen LogP contribution in [0.4, 0.5) is 0 Å². The zero-order valence-corrected chi connectivity index (χ0v) is 15.2. The topological polar surface area (TPSA) is 69.5 Å². The summed E-state index contributed by atoms with van der Waals surface area (Å²) >= 11 is 0. The van der Waals surface area contributed by atoms with Crippen molar-refractivity contribution in [1.82, 2.24) is 19.9 Å². The molecule has 1 aromatic carbocycles. The molecule has 1 saturated carbocycles. The second-order valence-corrected chi connectivity index (χ2v) is 7.03. The molecule has 0 radical (unpaired) electrons. The van der Waals surface area contributed by atoms with Crippen molar-refractivity contribution < 1.29 is 14.3 Å². The molecule has 7 nitrogen and oxygen atoms in total. The largest absolute Gasteiger partial charge is 0.381 e. The SMILES string of the molecule is CO[C@H]1CC[C@@]2(OC)CCN(C(=O)c3cnnn3-c3ccccc3)[C@H]2C1. The molecule has 2 fully saturated rings. The molecule has 4 rings (SSSR count). The molecule has 2 aliphatic rings. The third-order valence-electron chi connectivity index (χ3n) is 5.90. The molecule has 26 heavy (non-hydrogen) atoms. The van der Waals surface area contributed by atoms with Crippen LogP contribution in [0, 0.1) is 0 Å². The zero-order chi connectivity index (χ0) is 18.1. The van der Waals surface area contributed by atoms with Gasteiger partial charge in [-0.3, -0.25) is 4.79 Å². The van der Waals surface area contributed by atoms with Gasteiger partial charge >= 0.3 is 0 Å². The highest BCUT2D eigenvalue weighted by atomic mass is 16.5. The first-order valence-corrected chi connectivity index (χ1v) is 9.03. The number of carbonyl (C=O) groups is 1. The van der Waals surface area contributed by atoms with E-state index in [1.165, 1.54) is 0 Å². The molecule has 138 valence electrons. The average Bonchev–Trinajstić information content (AvgIpc) is 3.33. The van der Waals surface area contributed by atoms with Gasteiger partial charge in [0, 0.05) is 20.8 Å². The number of nitrogens with zero attached hydrogens (tertiary/aromatic N) is 4. The zero-order valence-electron chi connectivity index (χ0n) is 15.2. The maximum absolute atomic E-state index is 13.3. The Hall–Kier alpha value is -2.25. The van der Waals surface area contributed by atoms with E-state index in [0.29, 0.717) is 12.2 Å². The highest BCUT2D eigenvalue weighted by Crippen LogP contribution is 2.43. The summed E-state index contributed by atoms with van der Waals surface area (Å²) in [6.45, 7) is 0.674. The van der Waals surface area contributed by atoms with Crippen LogP contribution in [0.5, 0.6) is 0 Å². The van der Waals surface area contributed by atoms with Crippen LogP contribution in [-0.4, -0.2) is 64.3 Å². The Kier molecular flexibility index (Phi) is 4.50. The van der Waals surface area contributed by atoms with Crippen LogP contribution in [0.1, 0.15) is 36.2 Å². The van der Waals surface area contributed by atoms with Crippen LogP contribution >= 0.6 is 0 Å². The van der Waals surface area contributed by atoms with Crippen molar-refractivity contribution in [2.45, 2.75) is 43.4 Å². The number of para-hydroxylation sites is 1. The Balaban J connectivity index is 1.64. The number of benzene rings is 1. The first kappa shape index (κ1) is 17.2. The summed E-state index contributed by atoms with van der Waals surface area (Å²) in [6, 6.07) is 9.61. The number of aromatic nitrogens is 3. The fourth-order valence-electron chi connectivity index (χ4n) is 4.41. The van der Waals surface area contributed by atoms with E-state index in [4.69, 9.17) is 9.47 Å². The lowest BCUT2D eigenvalue weighted by atomic mass is 9.79. The molecule has 1 aromatic heterocycles. The normalized spacial score (nSPS) is 28.2. The first-order valence-electron chi connectivity index (χ1n) is 9.03. The second kappa shape index (κ2) is 6.81. The molecule has 3 atom stereocenters. The molecule has 0 N–H and O–H groups in total. The van der Waals surface area contributed by atoms with Crippen molar-refractivity contribution in [1.29, 1.82) is 0 Å². The molecule has 1 saturated heterocycles. The summed E-state index contributed by atoms with van der Waals surface area (Å²) < 4.78 is 13.1. The van der Waals surface area contributed by atoms with E-state index < -0.39 is 0 Å². The fourth-order valence-corrected chi connectivity index (χ4v) is 4.41. The summed E-state index contributed by atoms with van der Waals surface area (Å²) in [5.41, 5.74) is 1.03. The van der Waals surface area contributed by atoms with Gasteiger partial charge in [0.1, 0.15) is 0 Å². The maximum atomic E-state index is 13.3. The van der Waals surface area contributed by atoms with Crippen LogP contribution in [0.3, 0.4) is 0 Å². The van der Waals surface area contributed by atoms with E-state index in [2.05, 4.69) is 10.3 Å². The molecule has 1 aliphatic heterocycles. The van der Waals surface area contributed by atoms with Gasteiger partial charge in [-0.25, -0.2) is 4.68 Å². The number of hydrogen-bond donors (Lipinski definition) is 0. The molecular formula is C19H24N4O3. The third-order valence-corrected chi connectivity index (χ3v) is 5.90. The lowest BCUT2D eigenvalue weighted by Crippen LogP contribution is -2.53. The number of fused-ring (bicyclic) bond motifs is 1. The number of hydrogen-bond acceptors (Lipinski definition) is 5. The third kappa shape index (κ3) is 2.71. The van der Waals surface area contributed by atoms with Gasteiger partial charge in [-0.15, -0.1) is 5.10 Å². The highest BCUT2D eigenvalue weighted by Gasteiger charge is 2.53. The van der Waals surface area contributed by atoms with E-state index >= 15 is 0 Å². The minimum absolute atomic E-state index is 0.0119. The maximum Gasteiger partial charge on any atom is 0.274 e. The van der Waals surface area contributed by atoms with E-state index in [-0.39, 0.29) is 23.7 Å². The fraction of sp³-hybridized carbons (Fsp3) is 0.526.